The molecule has 0 saturated carbocycles. The molecule has 0 radical (unpaired) electrons. The SMILES string of the molecule is CC(C)CNC(=O)NC(=O)COC(=O)c1nn(C(C)C)c(=O)c2ccccc12. The molecule has 0 aliphatic rings. The monoisotopic (exact) mass is 388 g/mol. The van der Waals surface area contributed by atoms with Gasteiger partial charge in [0.25, 0.3) is 11.5 Å². The van der Waals surface area contributed by atoms with Crippen LogP contribution in [0.3, 0.4) is 0 Å². The fourth-order valence-electron chi connectivity index (χ4n) is 2.41. The topological polar surface area (TPSA) is 119 Å². The maximum Gasteiger partial charge on any atom is 0.359 e. The van der Waals surface area contributed by atoms with Gasteiger partial charge >= 0.3 is 12.0 Å². The normalized spacial score (nSPS) is 10.9. The Balaban J connectivity index is 2.13. The lowest BCUT2D eigenvalue weighted by molar-refractivity contribution is -0.123. The first-order chi connectivity index (χ1) is 13.2. The van der Waals surface area contributed by atoms with E-state index in [1.807, 2.05) is 13.8 Å². The second-order valence-electron chi connectivity index (χ2n) is 6.97. The highest BCUT2D eigenvalue weighted by molar-refractivity contribution is 6.03. The van der Waals surface area contributed by atoms with E-state index in [1.165, 1.54) is 4.68 Å². The molecule has 0 aliphatic carbocycles. The van der Waals surface area contributed by atoms with Gasteiger partial charge in [-0.2, -0.15) is 5.10 Å². The molecule has 1 heterocycles. The first kappa shape index (κ1) is 21.1. The second kappa shape index (κ2) is 9.12. The maximum atomic E-state index is 12.5. The number of nitrogens with zero attached hydrogens (tertiary/aromatic N) is 2. The fourth-order valence-corrected chi connectivity index (χ4v) is 2.41. The van der Waals surface area contributed by atoms with E-state index in [9.17, 15) is 19.2 Å². The number of urea groups is 1. The van der Waals surface area contributed by atoms with Crippen LogP contribution in [0.4, 0.5) is 4.79 Å². The van der Waals surface area contributed by atoms with Gasteiger partial charge in [-0.3, -0.25) is 14.9 Å². The minimum atomic E-state index is -0.858. The molecular formula is C19H24N4O5. The molecule has 1 aromatic heterocycles. The Labute approximate surface area is 162 Å². The molecule has 0 saturated heterocycles. The number of esters is 1. The van der Waals surface area contributed by atoms with E-state index in [0.29, 0.717) is 17.3 Å². The molecule has 0 bridgehead atoms. The smallest absolute Gasteiger partial charge is 0.359 e. The Hall–Kier alpha value is -3.23. The molecule has 0 fully saturated rings. The van der Waals surface area contributed by atoms with Crippen molar-refractivity contribution in [2.75, 3.05) is 13.2 Å². The third kappa shape index (κ3) is 5.15. The Kier molecular flexibility index (Phi) is 6.86. The molecule has 0 unspecified atom stereocenters. The van der Waals surface area contributed by atoms with Gasteiger partial charge in [-0.05, 0) is 25.8 Å². The number of carbonyl (C=O) groups excluding carboxylic acids is 3. The first-order valence-electron chi connectivity index (χ1n) is 8.97. The largest absolute Gasteiger partial charge is 0.451 e. The number of rotatable bonds is 6. The zero-order valence-corrected chi connectivity index (χ0v) is 16.3. The van der Waals surface area contributed by atoms with Crippen LogP contribution >= 0.6 is 0 Å². The van der Waals surface area contributed by atoms with Crippen molar-refractivity contribution >= 4 is 28.7 Å². The van der Waals surface area contributed by atoms with Gasteiger partial charge in [0.15, 0.2) is 12.3 Å². The van der Waals surface area contributed by atoms with Crippen LogP contribution in [-0.4, -0.2) is 40.8 Å². The van der Waals surface area contributed by atoms with Crippen LogP contribution in [0, 0.1) is 5.92 Å². The third-order valence-corrected chi connectivity index (χ3v) is 3.77. The van der Waals surface area contributed by atoms with Gasteiger partial charge in [-0.25, -0.2) is 14.3 Å². The summed E-state index contributed by atoms with van der Waals surface area (Å²) < 4.78 is 6.18. The highest BCUT2D eigenvalue weighted by Gasteiger charge is 2.20. The number of hydrogen-bond acceptors (Lipinski definition) is 6. The average Bonchev–Trinajstić information content (AvgIpc) is 2.64. The van der Waals surface area contributed by atoms with Crippen LogP contribution in [0.1, 0.15) is 44.2 Å². The van der Waals surface area contributed by atoms with Gasteiger partial charge in [0, 0.05) is 11.9 Å². The van der Waals surface area contributed by atoms with Crippen molar-refractivity contribution in [1.29, 1.82) is 0 Å². The number of ether oxygens (including phenoxy) is 1. The highest BCUT2D eigenvalue weighted by Crippen LogP contribution is 2.15. The van der Waals surface area contributed by atoms with Crippen LogP contribution in [0.5, 0.6) is 0 Å². The van der Waals surface area contributed by atoms with Crippen molar-refractivity contribution in [3.8, 4) is 0 Å². The quantitative estimate of drug-likeness (QED) is 0.726. The van der Waals surface area contributed by atoms with Crippen LogP contribution in [0.15, 0.2) is 29.1 Å². The molecule has 2 rings (SSSR count). The number of fused-ring (bicyclic) bond motifs is 1. The van der Waals surface area contributed by atoms with Gasteiger partial charge in [-0.1, -0.05) is 32.0 Å². The summed E-state index contributed by atoms with van der Waals surface area (Å²) in [6.45, 7) is 7.12. The Morgan fingerprint density at radius 1 is 1.11 bits per heavy atom. The zero-order valence-electron chi connectivity index (χ0n) is 16.3. The van der Waals surface area contributed by atoms with Gasteiger partial charge in [-0.15, -0.1) is 0 Å². The second-order valence-corrected chi connectivity index (χ2v) is 6.97. The minimum Gasteiger partial charge on any atom is -0.451 e. The van der Waals surface area contributed by atoms with E-state index >= 15 is 0 Å². The van der Waals surface area contributed by atoms with Gasteiger partial charge in [0.05, 0.1) is 11.4 Å². The van der Waals surface area contributed by atoms with Crippen molar-refractivity contribution in [1.82, 2.24) is 20.4 Å². The molecule has 0 atom stereocenters. The summed E-state index contributed by atoms with van der Waals surface area (Å²) in [6.07, 6.45) is 0. The first-order valence-corrected chi connectivity index (χ1v) is 8.97. The molecule has 1 aromatic carbocycles. The Bertz CT molecular complexity index is 949. The number of hydrogen-bond donors (Lipinski definition) is 2. The molecule has 0 aliphatic heterocycles. The zero-order chi connectivity index (χ0) is 20.8. The summed E-state index contributed by atoms with van der Waals surface area (Å²) in [5, 5.41) is 9.37. The van der Waals surface area contributed by atoms with Crippen molar-refractivity contribution in [2.45, 2.75) is 33.7 Å². The highest BCUT2D eigenvalue weighted by atomic mass is 16.5. The van der Waals surface area contributed by atoms with E-state index in [1.54, 1.807) is 38.1 Å². The average molecular weight is 388 g/mol. The van der Waals surface area contributed by atoms with Crippen molar-refractivity contribution < 1.29 is 19.1 Å². The number of nitrogens with one attached hydrogen (secondary N) is 2. The summed E-state index contributed by atoms with van der Waals surface area (Å²) in [7, 11) is 0. The van der Waals surface area contributed by atoms with Gasteiger partial charge in [0.1, 0.15) is 0 Å². The third-order valence-electron chi connectivity index (χ3n) is 3.77. The predicted octanol–water partition coefficient (Wildman–Crippen LogP) is 1.62. The van der Waals surface area contributed by atoms with Crippen LogP contribution in [0.25, 0.3) is 10.8 Å². The van der Waals surface area contributed by atoms with E-state index in [2.05, 4.69) is 15.7 Å². The molecule has 28 heavy (non-hydrogen) atoms. The number of imide groups is 1. The minimum absolute atomic E-state index is 0.0686. The number of benzene rings is 1. The molecule has 150 valence electrons. The fraction of sp³-hybridized carbons (Fsp3) is 0.421. The van der Waals surface area contributed by atoms with Crippen molar-refractivity contribution in [2.24, 2.45) is 5.92 Å². The number of carbonyl (C=O) groups is 3. The van der Waals surface area contributed by atoms with Crippen LogP contribution in [-0.2, 0) is 9.53 Å². The van der Waals surface area contributed by atoms with E-state index in [0.717, 1.165) is 0 Å². The van der Waals surface area contributed by atoms with Crippen LogP contribution in [0.2, 0.25) is 0 Å². The summed E-state index contributed by atoms with van der Waals surface area (Å²) in [5.74, 6) is -1.39. The molecule has 3 amide bonds. The lowest BCUT2D eigenvalue weighted by Crippen LogP contribution is -2.42. The Morgan fingerprint density at radius 2 is 1.75 bits per heavy atom. The van der Waals surface area contributed by atoms with Crippen LogP contribution < -0.4 is 16.2 Å². The molecular weight excluding hydrogens is 364 g/mol. The molecule has 2 N–H and O–H groups in total. The number of aromatic nitrogens is 2. The molecule has 9 nitrogen and oxygen atoms in total. The lowest BCUT2D eigenvalue weighted by Gasteiger charge is -2.13. The standard InChI is InChI=1S/C19H24N4O5/c1-11(2)9-20-19(27)21-15(24)10-28-18(26)16-13-7-5-6-8-14(13)17(25)23(22-16)12(3)4/h5-8,11-12H,9-10H2,1-4H3,(H2,20,21,24,27). The molecule has 9 heteroatoms. The summed E-state index contributed by atoms with van der Waals surface area (Å²) in [5.41, 5.74) is -0.386. The maximum absolute atomic E-state index is 12.5. The van der Waals surface area contributed by atoms with E-state index in [4.69, 9.17) is 4.74 Å². The van der Waals surface area contributed by atoms with E-state index < -0.39 is 24.5 Å². The molecule has 2 aromatic rings. The summed E-state index contributed by atoms with van der Waals surface area (Å²) in [4.78, 5) is 48.3. The number of amides is 3. The summed E-state index contributed by atoms with van der Waals surface area (Å²) >= 11 is 0. The van der Waals surface area contributed by atoms with Gasteiger partial charge in [0.2, 0.25) is 0 Å². The van der Waals surface area contributed by atoms with E-state index in [-0.39, 0.29) is 23.2 Å². The van der Waals surface area contributed by atoms with Crippen molar-refractivity contribution in [3.63, 3.8) is 0 Å². The Morgan fingerprint density at radius 3 is 2.36 bits per heavy atom. The molecule has 0 spiro atoms. The predicted molar refractivity (Wildman–Crippen MR) is 103 cm³/mol. The lowest BCUT2D eigenvalue weighted by atomic mass is 10.1. The summed E-state index contributed by atoms with van der Waals surface area (Å²) in [6, 6.07) is 5.62. The van der Waals surface area contributed by atoms with Gasteiger partial charge < -0.3 is 10.1 Å². The van der Waals surface area contributed by atoms with Crippen molar-refractivity contribution in [3.05, 3.63) is 40.3 Å².